The third-order valence-electron chi connectivity index (χ3n) is 1.92. The molecule has 2 heterocycles. The Hall–Kier alpha value is -0.160. The summed E-state index contributed by atoms with van der Waals surface area (Å²) in [6.07, 6.45) is 0.779. The van der Waals surface area contributed by atoms with Crippen LogP contribution in [0.3, 0.4) is 0 Å². The Bertz CT molecular complexity index is 90.3. The molecule has 4 N–H and O–H groups in total. The van der Waals surface area contributed by atoms with Crippen molar-refractivity contribution >= 4 is 0 Å². The van der Waals surface area contributed by atoms with Gasteiger partial charge in [-0.15, -0.1) is 0 Å². The van der Waals surface area contributed by atoms with E-state index < -0.39 is 0 Å². The number of nitrogens with one attached hydrogen (secondary N) is 4. The molecule has 57 valence electrons. The molecule has 0 aliphatic carbocycles. The molecule has 2 saturated heterocycles. The molecule has 0 bridgehead atoms. The van der Waals surface area contributed by atoms with Crippen molar-refractivity contribution in [3.05, 3.63) is 6.54 Å². The lowest BCUT2D eigenvalue weighted by molar-refractivity contribution is 0.392. The summed E-state index contributed by atoms with van der Waals surface area (Å²) >= 11 is 0. The molecule has 1 radical (unpaired) electrons. The predicted molar refractivity (Wildman–Crippen MR) is 39.0 cm³/mol. The lowest BCUT2D eigenvalue weighted by atomic mass is 10.4. The van der Waals surface area contributed by atoms with Crippen LogP contribution >= 0.6 is 0 Å². The van der Waals surface area contributed by atoms with E-state index in [1.54, 1.807) is 0 Å². The van der Waals surface area contributed by atoms with E-state index in [1.165, 1.54) is 0 Å². The van der Waals surface area contributed by atoms with Crippen LogP contribution < -0.4 is 21.3 Å². The minimum absolute atomic E-state index is 0.377. The van der Waals surface area contributed by atoms with Crippen LogP contribution in [0.4, 0.5) is 0 Å². The van der Waals surface area contributed by atoms with E-state index in [1.807, 2.05) is 6.54 Å². The molecular weight excluding hydrogens is 128 g/mol. The lowest BCUT2D eigenvalue weighted by Crippen LogP contribution is -2.52. The third kappa shape index (κ3) is 1.15. The maximum atomic E-state index is 3.34. The van der Waals surface area contributed by atoms with Crippen LogP contribution in [0.1, 0.15) is 0 Å². The summed E-state index contributed by atoms with van der Waals surface area (Å²) in [5.74, 6) is 0. The van der Waals surface area contributed by atoms with Gasteiger partial charge >= 0.3 is 0 Å². The molecule has 2 fully saturated rings. The van der Waals surface area contributed by atoms with E-state index in [4.69, 9.17) is 0 Å². The highest BCUT2D eigenvalue weighted by atomic mass is 15.3. The molecule has 0 saturated carbocycles. The van der Waals surface area contributed by atoms with Gasteiger partial charge in [0.2, 0.25) is 0 Å². The Balaban J connectivity index is 1.85. The van der Waals surface area contributed by atoms with Gasteiger partial charge in [-0.2, -0.15) is 0 Å². The van der Waals surface area contributed by atoms with Gasteiger partial charge in [0, 0.05) is 26.2 Å². The van der Waals surface area contributed by atoms with Crippen LogP contribution in [0, 0.1) is 6.54 Å². The smallest absolute Gasteiger partial charge is 0.0870 e. The minimum atomic E-state index is 0.377. The maximum Gasteiger partial charge on any atom is 0.0870 e. The lowest BCUT2D eigenvalue weighted by Gasteiger charge is -2.18. The Morgan fingerprint density at radius 2 is 1.80 bits per heavy atom. The second-order valence-electron chi connectivity index (χ2n) is 2.64. The molecule has 2 aliphatic rings. The second-order valence-corrected chi connectivity index (χ2v) is 2.64. The summed E-state index contributed by atoms with van der Waals surface area (Å²) in [7, 11) is 0. The normalized spacial score (nSPS) is 30.0. The highest BCUT2D eigenvalue weighted by molar-refractivity contribution is 4.91. The molecule has 4 heteroatoms. The highest BCUT2D eigenvalue weighted by Gasteiger charge is 2.25. The van der Waals surface area contributed by atoms with Crippen LogP contribution in [0.2, 0.25) is 0 Å². The standard InChI is InChI=1S/C6H13N4/c1-2-8-5(7-1)6-9-3-4-10-6/h1,5-10H,2-4H2. The van der Waals surface area contributed by atoms with Crippen LogP contribution in [-0.4, -0.2) is 32.0 Å². The van der Waals surface area contributed by atoms with E-state index in [2.05, 4.69) is 21.3 Å². The van der Waals surface area contributed by atoms with Gasteiger partial charge in [0.25, 0.3) is 0 Å². The summed E-state index contributed by atoms with van der Waals surface area (Å²) in [5, 5.41) is 13.2. The summed E-state index contributed by atoms with van der Waals surface area (Å²) in [6.45, 7) is 5.16. The van der Waals surface area contributed by atoms with Gasteiger partial charge in [-0.1, -0.05) is 0 Å². The first-order chi connectivity index (χ1) is 4.97. The Labute approximate surface area is 60.8 Å². The average molecular weight is 141 g/mol. The molecule has 0 aromatic carbocycles. The van der Waals surface area contributed by atoms with Gasteiger partial charge in [-0.25, -0.2) is 0 Å². The predicted octanol–water partition coefficient (Wildman–Crippen LogP) is -1.81. The zero-order valence-electron chi connectivity index (χ0n) is 5.85. The summed E-state index contributed by atoms with van der Waals surface area (Å²) in [6, 6.07) is 0. The van der Waals surface area contributed by atoms with Crippen molar-refractivity contribution in [3.8, 4) is 0 Å². The van der Waals surface area contributed by atoms with Gasteiger partial charge in [0.05, 0.1) is 12.3 Å². The summed E-state index contributed by atoms with van der Waals surface area (Å²) < 4.78 is 0. The SMILES string of the molecule is [CH]1CNC(C2NCCN2)N1. The molecule has 4 nitrogen and oxygen atoms in total. The molecule has 1 atom stereocenters. The fraction of sp³-hybridized carbons (Fsp3) is 0.833. The summed E-state index contributed by atoms with van der Waals surface area (Å²) in [5.41, 5.74) is 0. The van der Waals surface area contributed by atoms with Crippen LogP contribution in [0.5, 0.6) is 0 Å². The Morgan fingerprint density at radius 1 is 1.00 bits per heavy atom. The van der Waals surface area contributed by atoms with Gasteiger partial charge < -0.3 is 0 Å². The van der Waals surface area contributed by atoms with Crippen LogP contribution in [0.15, 0.2) is 0 Å². The third-order valence-corrected chi connectivity index (χ3v) is 1.92. The van der Waals surface area contributed by atoms with Crippen molar-refractivity contribution in [2.75, 3.05) is 19.6 Å². The highest BCUT2D eigenvalue weighted by Crippen LogP contribution is 1.96. The molecule has 2 aliphatic heterocycles. The van der Waals surface area contributed by atoms with Crippen molar-refractivity contribution in [1.82, 2.24) is 21.3 Å². The van der Waals surface area contributed by atoms with Gasteiger partial charge in [-0.3, -0.25) is 21.3 Å². The largest absolute Gasteiger partial charge is 0.298 e. The van der Waals surface area contributed by atoms with Crippen LogP contribution in [0.25, 0.3) is 0 Å². The minimum Gasteiger partial charge on any atom is -0.298 e. The van der Waals surface area contributed by atoms with Crippen molar-refractivity contribution in [2.24, 2.45) is 0 Å². The molecule has 0 aromatic heterocycles. The van der Waals surface area contributed by atoms with Gasteiger partial charge in [0.15, 0.2) is 0 Å². The number of hydrogen-bond donors (Lipinski definition) is 4. The number of rotatable bonds is 1. The van der Waals surface area contributed by atoms with Crippen molar-refractivity contribution in [2.45, 2.75) is 12.3 Å². The van der Waals surface area contributed by atoms with Gasteiger partial charge in [0.1, 0.15) is 0 Å². The van der Waals surface area contributed by atoms with Crippen molar-refractivity contribution in [1.29, 1.82) is 0 Å². The van der Waals surface area contributed by atoms with E-state index in [9.17, 15) is 0 Å². The maximum absolute atomic E-state index is 3.34. The second kappa shape index (κ2) is 2.84. The topological polar surface area (TPSA) is 48.1 Å². The quantitative estimate of drug-likeness (QED) is 0.347. The Morgan fingerprint density at radius 3 is 2.40 bits per heavy atom. The molecule has 10 heavy (non-hydrogen) atoms. The molecule has 1 unspecified atom stereocenters. The molecule has 0 aromatic rings. The van der Waals surface area contributed by atoms with Crippen LogP contribution in [-0.2, 0) is 0 Å². The number of hydrogen-bond acceptors (Lipinski definition) is 4. The fourth-order valence-corrected chi connectivity index (χ4v) is 1.41. The monoisotopic (exact) mass is 141 g/mol. The fourth-order valence-electron chi connectivity index (χ4n) is 1.41. The first-order valence-corrected chi connectivity index (χ1v) is 3.75. The van der Waals surface area contributed by atoms with Crippen molar-refractivity contribution in [3.63, 3.8) is 0 Å². The molecular formula is C6H13N4. The van der Waals surface area contributed by atoms with E-state index in [0.29, 0.717) is 12.3 Å². The Kier molecular flexibility index (Phi) is 1.86. The summed E-state index contributed by atoms with van der Waals surface area (Å²) in [4.78, 5) is 0. The van der Waals surface area contributed by atoms with E-state index in [-0.39, 0.29) is 0 Å². The van der Waals surface area contributed by atoms with E-state index in [0.717, 1.165) is 19.6 Å². The van der Waals surface area contributed by atoms with Gasteiger partial charge in [-0.05, 0) is 0 Å². The molecule has 0 spiro atoms. The zero-order chi connectivity index (χ0) is 6.81. The average Bonchev–Trinajstić information content (AvgIpc) is 2.59. The molecule has 0 amide bonds. The van der Waals surface area contributed by atoms with Crippen molar-refractivity contribution < 1.29 is 0 Å². The van der Waals surface area contributed by atoms with E-state index >= 15 is 0 Å². The first kappa shape index (κ1) is 6.54. The zero-order valence-corrected chi connectivity index (χ0v) is 5.85. The first-order valence-electron chi connectivity index (χ1n) is 3.75. The molecule has 2 rings (SSSR count).